The van der Waals surface area contributed by atoms with Crippen molar-refractivity contribution in [3.8, 4) is 5.75 Å². The van der Waals surface area contributed by atoms with Crippen molar-refractivity contribution in [2.45, 2.75) is 58.4 Å². The lowest BCUT2D eigenvalue weighted by Gasteiger charge is -2.43. The summed E-state index contributed by atoms with van der Waals surface area (Å²) in [5.74, 6) is -2.02. The maximum absolute atomic E-state index is 11.8. The first-order valence-corrected chi connectivity index (χ1v) is 10.1. The second-order valence-corrected chi connectivity index (χ2v) is 7.47. The van der Waals surface area contributed by atoms with E-state index < -0.39 is 60.8 Å². The van der Waals surface area contributed by atoms with E-state index in [9.17, 15) is 24.3 Å². The van der Waals surface area contributed by atoms with E-state index in [-0.39, 0.29) is 11.3 Å². The van der Waals surface area contributed by atoms with Gasteiger partial charge in [-0.25, -0.2) is 4.79 Å². The van der Waals surface area contributed by atoms with E-state index in [1.165, 1.54) is 12.1 Å². The summed E-state index contributed by atoms with van der Waals surface area (Å²) in [5.41, 5.74) is 0.424. The summed E-state index contributed by atoms with van der Waals surface area (Å²) in [5, 5.41) is 10.5. The van der Waals surface area contributed by atoms with E-state index >= 15 is 0 Å². The van der Waals surface area contributed by atoms with Crippen molar-refractivity contribution in [2.24, 2.45) is 0 Å². The van der Waals surface area contributed by atoms with E-state index in [0.29, 0.717) is 10.9 Å². The Morgan fingerprint density at radius 3 is 2.15 bits per heavy atom. The molecule has 0 saturated carbocycles. The van der Waals surface area contributed by atoms with E-state index in [2.05, 4.69) is 0 Å². The molecule has 0 bridgehead atoms. The Morgan fingerprint density at radius 1 is 0.939 bits per heavy atom. The molecule has 0 aliphatic carbocycles. The molecule has 33 heavy (non-hydrogen) atoms. The summed E-state index contributed by atoms with van der Waals surface area (Å²) >= 11 is 0. The van der Waals surface area contributed by atoms with Gasteiger partial charge in [0.1, 0.15) is 17.4 Å². The summed E-state index contributed by atoms with van der Waals surface area (Å²) in [6.45, 7) is 4.53. The second kappa shape index (κ2) is 10.0. The molecule has 5 atom stereocenters. The van der Waals surface area contributed by atoms with Crippen LogP contribution >= 0.6 is 0 Å². The number of esters is 3. The number of aryl methyl sites for hydroxylation is 1. The third kappa shape index (κ3) is 5.68. The molecular formula is C22H24O11. The first-order chi connectivity index (χ1) is 15.6. The number of carbonyl (C=O) groups is 3. The molecule has 0 unspecified atom stereocenters. The first-order valence-electron chi connectivity index (χ1n) is 10.1. The minimum atomic E-state index is -1.36. The van der Waals surface area contributed by atoms with E-state index in [1.807, 2.05) is 0 Å². The van der Waals surface area contributed by atoms with E-state index in [1.54, 1.807) is 19.1 Å². The third-order valence-electron chi connectivity index (χ3n) is 4.85. The molecule has 1 N–H and O–H groups in total. The number of carbonyl (C=O) groups excluding carboxylic acids is 3. The third-order valence-corrected chi connectivity index (χ3v) is 4.85. The molecule has 3 rings (SSSR count). The zero-order valence-electron chi connectivity index (χ0n) is 18.4. The van der Waals surface area contributed by atoms with Gasteiger partial charge in [0.2, 0.25) is 12.4 Å². The second-order valence-electron chi connectivity index (χ2n) is 7.47. The molecule has 0 spiro atoms. The first kappa shape index (κ1) is 24.2. The standard InChI is InChI=1S/C22H24O11/c1-10-7-18(27)32-16-8-14(5-6-15(10)16)31-22-21(30-13(4)26)20(29-12(3)25)19(28-11(2)24)17(9-23)33-22/h5-8,17,19-23H,9H2,1-4H3/t17-,19-,20+,21-,22-/m1/s1. The predicted molar refractivity (Wildman–Crippen MR) is 110 cm³/mol. The van der Waals surface area contributed by atoms with Crippen LogP contribution in [0.1, 0.15) is 26.3 Å². The van der Waals surface area contributed by atoms with Crippen LogP contribution in [0.2, 0.25) is 0 Å². The lowest BCUT2D eigenvalue weighted by Crippen LogP contribution is -2.63. The molecule has 1 fully saturated rings. The van der Waals surface area contributed by atoms with Gasteiger partial charge in [0.15, 0.2) is 12.2 Å². The Hall–Kier alpha value is -3.44. The van der Waals surface area contributed by atoms with Gasteiger partial charge in [0.05, 0.1) is 6.61 Å². The van der Waals surface area contributed by atoms with Crippen molar-refractivity contribution in [2.75, 3.05) is 6.61 Å². The van der Waals surface area contributed by atoms with Crippen LogP contribution in [-0.2, 0) is 33.3 Å². The topological polar surface area (TPSA) is 148 Å². The van der Waals surface area contributed by atoms with Crippen LogP contribution in [0.4, 0.5) is 0 Å². The van der Waals surface area contributed by atoms with E-state index in [0.717, 1.165) is 20.8 Å². The Bertz CT molecular complexity index is 1110. The molecule has 1 aliphatic rings. The largest absolute Gasteiger partial charge is 0.461 e. The number of aliphatic hydroxyl groups is 1. The quantitative estimate of drug-likeness (QED) is 0.371. The summed E-state index contributed by atoms with van der Waals surface area (Å²) in [6.07, 6.45) is -6.46. The monoisotopic (exact) mass is 464 g/mol. The number of ether oxygens (including phenoxy) is 5. The molecule has 1 aromatic heterocycles. The van der Waals surface area contributed by atoms with Crippen LogP contribution in [0, 0.1) is 6.92 Å². The molecule has 178 valence electrons. The molecule has 0 amide bonds. The van der Waals surface area contributed by atoms with Crippen LogP contribution in [-0.4, -0.2) is 60.3 Å². The number of hydrogen-bond acceptors (Lipinski definition) is 11. The zero-order chi connectivity index (χ0) is 24.3. The fourth-order valence-electron chi connectivity index (χ4n) is 3.61. The van der Waals surface area contributed by atoms with Gasteiger partial charge < -0.3 is 33.2 Å². The summed E-state index contributed by atoms with van der Waals surface area (Å²) in [7, 11) is 0. The molecule has 1 aromatic carbocycles. The SMILES string of the molecule is CC(=O)O[C@@H]1[C@@H](OC(C)=O)[C@H](Oc2ccc3c(C)cc(=O)oc3c2)O[C@H](CO)[C@H]1OC(C)=O. The summed E-state index contributed by atoms with van der Waals surface area (Å²) in [4.78, 5) is 46.9. The number of rotatable bonds is 6. The van der Waals surface area contributed by atoms with Gasteiger partial charge in [0, 0.05) is 38.3 Å². The van der Waals surface area contributed by atoms with Crippen molar-refractivity contribution in [1.29, 1.82) is 0 Å². The van der Waals surface area contributed by atoms with Crippen LogP contribution in [0.15, 0.2) is 33.5 Å². The fourth-order valence-corrected chi connectivity index (χ4v) is 3.61. The predicted octanol–water partition coefficient (Wildman–Crippen LogP) is 0.993. The van der Waals surface area contributed by atoms with Crippen LogP contribution in [0.25, 0.3) is 11.0 Å². The van der Waals surface area contributed by atoms with Crippen molar-refractivity contribution >= 4 is 28.9 Å². The Kier molecular flexibility index (Phi) is 7.34. The zero-order valence-corrected chi connectivity index (χ0v) is 18.4. The van der Waals surface area contributed by atoms with Gasteiger partial charge in [-0.05, 0) is 24.6 Å². The number of fused-ring (bicyclic) bond motifs is 1. The van der Waals surface area contributed by atoms with Crippen molar-refractivity contribution < 1.29 is 47.6 Å². The Labute approximate surface area is 188 Å². The van der Waals surface area contributed by atoms with Gasteiger partial charge >= 0.3 is 23.5 Å². The minimum Gasteiger partial charge on any atom is -0.461 e. The van der Waals surface area contributed by atoms with Crippen LogP contribution < -0.4 is 10.4 Å². The maximum atomic E-state index is 11.8. The smallest absolute Gasteiger partial charge is 0.336 e. The van der Waals surface area contributed by atoms with Gasteiger partial charge in [-0.1, -0.05) is 0 Å². The Morgan fingerprint density at radius 2 is 1.55 bits per heavy atom. The lowest BCUT2D eigenvalue weighted by molar-refractivity contribution is -0.287. The van der Waals surface area contributed by atoms with Gasteiger partial charge in [-0.15, -0.1) is 0 Å². The highest BCUT2D eigenvalue weighted by Crippen LogP contribution is 2.31. The number of benzene rings is 1. The molecule has 11 nitrogen and oxygen atoms in total. The molecule has 11 heteroatoms. The summed E-state index contributed by atoms with van der Waals surface area (Å²) in [6, 6.07) is 6.05. The average Bonchev–Trinajstić information content (AvgIpc) is 2.70. The minimum absolute atomic E-state index is 0.183. The number of aliphatic hydroxyl groups excluding tert-OH is 1. The van der Waals surface area contributed by atoms with Gasteiger partial charge in [0.25, 0.3) is 0 Å². The molecule has 2 aromatic rings. The molecule has 1 saturated heterocycles. The fraction of sp³-hybridized carbons (Fsp3) is 0.455. The molecule has 2 heterocycles. The van der Waals surface area contributed by atoms with Crippen molar-refractivity contribution in [1.82, 2.24) is 0 Å². The van der Waals surface area contributed by atoms with Crippen LogP contribution in [0.5, 0.6) is 5.75 Å². The average molecular weight is 464 g/mol. The highest BCUT2D eigenvalue weighted by molar-refractivity contribution is 5.81. The van der Waals surface area contributed by atoms with Crippen molar-refractivity contribution in [3.63, 3.8) is 0 Å². The van der Waals surface area contributed by atoms with Gasteiger partial charge in [-0.2, -0.15) is 0 Å². The molecule has 1 aliphatic heterocycles. The normalized spacial score (nSPS) is 24.7. The van der Waals surface area contributed by atoms with E-state index in [4.69, 9.17) is 28.1 Å². The molecular weight excluding hydrogens is 440 g/mol. The van der Waals surface area contributed by atoms with Crippen molar-refractivity contribution in [3.05, 3.63) is 40.2 Å². The number of hydrogen-bond donors (Lipinski definition) is 1. The maximum Gasteiger partial charge on any atom is 0.336 e. The highest BCUT2D eigenvalue weighted by Gasteiger charge is 2.52. The summed E-state index contributed by atoms with van der Waals surface area (Å²) < 4.78 is 32.6. The van der Waals surface area contributed by atoms with Crippen LogP contribution in [0.3, 0.4) is 0 Å². The lowest BCUT2D eigenvalue weighted by atomic mass is 9.98. The van der Waals surface area contributed by atoms with Gasteiger partial charge in [-0.3, -0.25) is 14.4 Å². The highest BCUT2D eigenvalue weighted by atomic mass is 16.7. The molecule has 0 radical (unpaired) electrons. The Balaban J connectivity index is 2.00.